The molecule has 0 aliphatic rings. The average Bonchev–Trinajstić information content (AvgIpc) is 2.35. The van der Waals surface area contributed by atoms with Crippen molar-refractivity contribution in [2.24, 2.45) is 0 Å². The molecule has 0 unspecified atom stereocenters. The van der Waals surface area contributed by atoms with E-state index in [1.807, 2.05) is 6.26 Å². The number of carbonyl (C=O) groups is 1. The highest BCUT2D eigenvalue weighted by atomic mass is 32.2. The molecule has 112 valence electrons. The fraction of sp³-hybridized carbons (Fsp3) is 0.417. The van der Waals surface area contributed by atoms with Crippen LogP contribution in [0.4, 0.5) is 18.9 Å². The third-order valence-corrected chi connectivity index (χ3v) is 3.01. The molecule has 0 saturated heterocycles. The van der Waals surface area contributed by atoms with Gasteiger partial charge in [0.05, 0.1) is 5.69 Å². The van der Waals surface area contributed by atoms with Gasteiger partial charge in [-0.15, -0.1) is 13.2 Å². The maximum atomic E-state index is 12.1. The second-order valence-electron chi connectivity index (χ2n) is 3.90. The van der Waals surface area contributed by atoms with E-state index in [0.717, 1.165) is 24.3 Å². The standard InChI is InChI=1S/C12H15F3N2O2S/c1-20-6-2-5-17-11(18)8-3-4-10(9(16)7-8)19-12(13,14)15/h3-4,7H,2,5-6,16H2,1H3,(H,17,18). The zero-order valence-corrected chi connectivity index (χ0v) is 11.6. The predicted octanol–water partition coefficient (Wildman–Crippen LogP) is 2.65. The minimum Gasteiger partial charge on any atom is -0.404 e. The number of benzene rings is 1. The number of thioether (sulfide) groups is 1. The van der Waals surface area contributed by atoms with Crippen LogP contribution in [0.2, 0.25) is 0 Å². The average molecular weight is 308 g/mol. The Morgan fingerprint density at radius 2 is 2.15 bits per heavy atom. The van der Waals surface area contributed by atoms with Crippen molar-refractivity contribution >= 4 is 23.4 Å². The SMILES string of the molecule is CSCCCNC(=O)c1ccc(OC(F)(F)F)c(N)c1. The molecule has 20 heavy (non-hydrogen) atoms. The number of nitrogens with one attached hydrogen (secondary N) is 1. The molecule has 0 aromatic heterocycles. The third-order valence-electron chi connectivity index (χ3n) is 2.31. The van der Waals surface area contributed by atoms with Crippen LogP contribution in [-0.4, -0.2) is 30.8 Å². The number of amides is 1. The van der Waals surface area contributed by atoms with Crippen LogP contribution in [0.5, 0.6) is 5.75 Å². The summed E-state index contributed by atoms with van der Waals surface area (Å²) in [6.45, 7) is 0.500. The largest absolute Gasteiger partial charge is 0.573 e. The van der Waals surface area contributed by atoms with Crippen LogP contribution in [0.1, 0.15) is 16.8 Å². The van der Waals surface area contributed by atoms with Crippen LogP contribution in [0.25, 0.3) is 0 Å². The van der Waals surface area contributed by atoms with Gasteiger partial charge in [0.25, 0.3) is 5.91 Å². The van der Waals surface area contributed by atoms with E-state index in [0.29, 0.717) is 6.54 Å². The van der Waals surface area contributed by atoms with Crippen molar-refractivity contribution in [1.29, 1.82) is 0 Å². The summed E-state index contributed by atoms with van der Waals surface area (Å²) in [5.41, 5.74) is 5.39. The minimum absolute atomic E-state index is 0.196. The Balaban J connectivity index is 2.64. The van der Waals surface area contributed by atoms with Gasteiger partial charge in [0.1, 0.15) is 0 Å². The molecule has 0 radical (unpaired) electrons. The van der Waals surface area contributed by atoms with E-state index in [-0.39, 0.29) is 17.2 Å². The molecule has 1 rings (SSSR count). The van der Waals surface area contributed by atoms with E-state index in [2.05, 4.69) is 10.1 Å². The van der Waals surface area contributed by atoms with Crippen LogP contribution in [0.3, 0.4) is 0 Å². The molecule has 1 aromatic carbocycles. The maximum Gasteiger partial charge on any atom is 0.573 e. The number of hydrogen-bond donors (Lipinski definition) is 2. The van der Waals surface area contributed by atoms with Gasteiger partial charge in [-0.3, -0.25) is 4.79 Å². The van der Waals surface area contributed by atoms with Crippen molar-refractivity contribution in [1.82, 2.24) is 5.32 Å². The summed E-state index contributed by atoms with van der Waals surface area (Å²) >= 11 is 1.66. The lowest BCUT2D eigenvalue weighted by Gasteiger charge is -2.12. The van der Waals surface area contributed by atoms with Crippen LogP contribution in [0.15, 0.2) is 18.2 Å². The van der Waals surface area contributed by atoms with Crippen molar-refractivity contribution in [3.05, 3.63) is 23.8 Å². The molecular weight excluding hydrogens is 293 g/mol. The number of rotatable bonds is 6. The maximum absolute atomic E-state index is 12.1. The first-order valence-electron chi connectivity index (χ1n) is 5.76. The van der Waals surface area contributed by atoms with Gasteiger partial charge >= 0.3 is 6.36 Å². The molecule has 4 nitrogen and oxygen atoms in total. The second-order valence-corrected chi connectivity index (χ2v) is 4.89. The summed E-state index contributed by atoms with van der Waals surface area (Å²) < 4.78 is 39.9. The summed E-state index contributed by atoms with van der Waals surface area (Å²) in [7, 11) is 0. The molecule has 0 atom stereocenters. The highest BCUT2D eigenvalue weighted by Gasteiger charge is 2.32. The number of carbonyl (C=O) groups excluding carboxylic acids is 1. The van der Waals surface area contributed by atoms with Gasteiger partial charge < -0.3 is 15.8 Å². The number of hydrogen-bond acceptors (Lipinski definition) is 4. The van der Waals surface area contributed by atoms with Gasteiger partial charge in [-0.2, -0.15) is 11.8 Å². The molecule has 0 aliphatic carbocycles. The van der Waals surface area contributed by atoms with Crippen LogP contribution in [-0.2, 0) is 0 Å². The Bertz CT molecular complexity index is 467. The van der Waals surface area contributed by atoms with E-state index in [1.165, 1.54) is 6.07 Å². The molecule has 1 amide bonds. The molecule has 0 heterocycles. The van der Waals surface area contributed by atoms with Crippen molar-refractivity contribution < 1.29 is 22.7 Å². The zero-order valence-electron chi connectivity index (χ0n) is 10.8. The quantitative estimate of drug-likeness (QED) is 0.626. The fourth-order valence-electron chi connectivity index (χ4n) is 1.43. The van der Waals surface area contributed by atoms with Crippen LogP contribution >= 0.6 is 11.8 Å². The van der Waals surface area contributed by atoms with E-state index in [9.17, 15) is 18.0 Å². The Kier molecular flexibility index (Phi) is 6.00. The molecule has 0 saturated carbocycles. The third kappa shape index (κ3) is 5.60. The number of ether oxygens (including phenoxy) is 1. The molecule has 8 heteroatoms. The predicted molar refractivity (Wildman–Crippen MR) is 72.9 cm³/mol. The van der Waals surface area contributed by atoms with E-state index in [4.69, 9.17) is 5.73 Å². The Hall–Kier alpha value is -1.57. The van der Waals surface area contributed by atoms with E-state index < -0.39 is 12.1 Å². The summed E-state index contributed by atoms with van der Waals surface area (Å²) in [5, 5.41) is 2.66. The Labute approximate surface area is 118 Å². The highest BCUT2D eigenvalue weighted by Crippen LogP contribution is 2.28. The molecule has 3 N–H and O–H groups in total. The minimum atomic E-state index is -4.81. The lowest BCUT2D eigenvalue weighted by Crippen LogP contribution is -2.25. The van der Waals surface area contributed by atoms with Crippen LogP contribution in [0, 0.1) is 0 Å². The zero-order chi connectivity index (χ0) is 15.2. The van der Waals surface area contributed by atoms with E-state index >= 15 is 0 Å². The molecule has 0 spiro atoms. The van der Waals surface area contributed by atoms with Gasteiger partial charge in [-0.1, -0.05) is 0 Å². The molecule has 0 fully saturated rings. The summed E-state index contributed by atoms with van der Waals surface area (Å²) in [6.07, 6.45) is -2.03. The summed E-state index contributed by atoms with van der Waals surface area (Å²) in [5.74, 6) is 0.0219. The van der Waals surface area contributed by atoms with Gasteiger partial charge in [0.15, 0.2) is 5.75 Å². The van der Waals surface area contributed by atoms with Gasteiger partial charge in [-0.25, -0.2) is 0 Å². The van der Waals surface area contributed by atoms with Gasteiger partial charge in [0.2, 0.25) is 0 Å². The monoisotopic (exact) mass is 308 g/mol. The number of halogens is 3. The molecule has 0 bridgehead atoms. The van der Waals surface area contributed by atoms with Crippen molar-refractivity contribution in [3.63, 3.8) is 0 Å². The lowest BCUT2D eigenvalue weighted by atomic mass is 10.1. The van der Waals surface area contributed by atoms with Crippen molar-refractivity contribution in [2.45, 2.75) is 12.8 Å². The van der Waals surface area contributed by atoms with E-state index in [1.54, 1.807) is 11.8 Å². The number of anilines is 1. The van der Waals surface area contributed by atoms with Crippen LogP contribution < -0.4 is 15.8 Å². The smallest absolute Gasteiger partial charge is 0.404 e. The summed E-state index contributed by atoms with van der Waals surface area (Å²) in [4.78, 5) is 11.7. The second kappa shape index (κ2) is 7.28. The van der Waals surface area contributed by atoms with Gasteiger partial charge in [-0.05, 0) is 36.6 Å². The van der Waals surface area contributed by atoms with Crippen molar-refractivity contribution in [3.8, 4) is 5.75 Å². The molecule has 0 aliphatic heterocycles. The fourth-order valence-corrected chi connectivity index (χ4v) is 1.86. The summed E-state index contributed by atoms with van der Waals surface area (Å²) in [6, 6.07) is 3.42. The topological polar surface area (TPSA) is 64.3 Å². The first kappa shape index (κ1) is 16.5. The number of alkyl halides is 3. The molecule has 1 aromatic rings. The Morgan fingerprint density at radius 3 is 2.70 bits per heavy atom. The number of nitrogens with two attached hydrogens (primary N) is 1. The number of nitrogen functional groups attached to an aromatic ring is 1. The highest BCUT2D eigenvalue weighted by molar-refractivity contribution is 7.98. The Morgan fingerprint density at radius 1 is 1.45 bits per heavy atom. The first-order valence-corrected chi connectivity index (χ1v) is 7.15. The molecular formula is C12H15F3N2O2S. The lowest BCUT2D eigenvalue weighted by molar-refractivity contribution is -0.274. The van der Waals surface area contributed by atoms with Gasteiger partial charge in [0, 0.05) is 12.1 Å². The van der Waals surface area contributed by atoms with Crippen molar-refractivity contribution in [2.75, 3.05) is 24.3 Å². The normalized spacial score (nSPS) is 11.2. The first-order chi connectivity index (χ1) is 9.33.